The first kappa shape index (κ1) is 5.65. The van der Waals surface area contributed by atoms with Gasteiger partial charge in [-0.2, -0.15) is 0 Å². The van der Waals surface area contributed by atoms with Crippen LogP contribution < -0.4 is 5.73 Å². The molecular weight excluding hydrogens is 118 g/mol. The van der Waals surface area contributed by atoms with E-state index in [0.29, 0.717) is 6.61 Å². The third-order valence-corrected chi connectivity index (χ3v) is 2.14. The van der Waals surface area contributed by atoms with Crippen LogP contribution in [0.1, 0.15) is 19.3 Å². The van der Waals surface area contributed by atoms with Gasteiger partial charge in [-0.1, -0.05) is 0 Å². The number of ether oxygens (including phenoxy) is 2. The maximum Gasteiger partial charge on any atom is 0.214 e. The summed E-state index contributed by atoms with van der Waals surface area (Å²) < 4.78 is 10.4. The molecule has 1 atom stereocenters. The lowest BCUT2D eigenvalue weighted by atomic mass is 9.81. The summed E-state index contributed by atoms with van der Waals surface area (Å²) >= 11 is 0. The summed E-state index contributed by atoms with van der Waals surface area (Å²) in [6.45, 7) is 0.703. The summed E-state index contributed by atoms with van der Waals surface area (Å²) in [6.07, 6.45) is 3.06. The fourth-order valence-electron chi connectivity index (χ4n) is 1.38. The van der Waals surface area contributed by atoms with Crippen molar-refractivity contribution in [1.29, 1.82) is 0 Å². The Balaban J connectivity index is 1.99. The van der Waals surface area contributed by atoms with Crippen molar-refractivity contribution >= 4 is 0 Å². The number of hydrogen-bond acceptors (Lipinski definition) is 3. The Hall–Kier alpha value is -0.120. The van der Waals surface area contributed by atoms with Crippen molar-refractivity contribution in [2.75, 3.05) is 6.61 Å². The van der Waals surface area contributed by atoms with E-state index in [1.165, 1.54) is 6.42 Å². The maximum atomic E-state index is 5.38. The standard InChI is InChI=1S/C6H11NO2/c7-5-8-4-6(9-5)2-1-3-6/h5H,1-4,7H2. The van der Waals surface area contributed by atoms with Crippen LogP contribution in [0.15, 0.2) is 0 Å². The molecule has 3 heteroatoms. The molecule has 3 nitrogen and oxygen atoms in total. The van der Waals surface area contributed by atoms with E-state index in [4.69, 9.17) is 15.2 Å². The second-order valence-electron chi connectivity index (χ2n) is 2.83. The zero-order chi connectivity index (χ0) is 6.32. The molecule has 0 radical (unpaired) electrons. The molecule has 2 rings (SSSR count). The molecule has 1 aliphatic heterocycles. The Morgan fingerprint density at radius 3 is 2.44 bits per heavy atom. The van der Waals surface area contributed by atoms with E-state index >= 15 is 0 Å². The first-order valence-electron chi connectivity index (χ1n) is 3.36. The van der Waals surface area contributed by atoms with Gasteiger partial charge in [-0.15, -0.1) is 0 Å². The fourth-order valence-corrected chi connectivity index (χ4v) is 1.38. The molecule has 0 bridgehead atoms. The highest BCUT2D eigenvalue weighted by Gasteiger charge is 2.44. The van der Waals surface area contributed by atoms with Gasteiger partial charge >= 0.3 is 0 Å². The van der Waals surface area contributed by atoms with Gasteiger partial charge in [-0.05, 0) is 19.3 Å². The molecule has 2 aliphatic rings. The minimum absolute atomic E-state index is 0.0411. The summed E-state index contributed by atoms with van der Waals surface area (Å²) in [7, 11) is 0. The van der Waals surface area contributed by atoms with E-state index in [-0.39, 0.29) is 5.60 Å². The van der Waals surface area contributed by atoms with Crippen LogP contribution in [-0.4, -0.2) is 18.6 Å². The lowest BCUT2D eigenvalue weighted by molar-refractivity contribution is -0.112. The van der Waals surface area contributed by atoms with Gasteiger partial charge in [-0.25, -0.2) is 0 Å². The van der Waals surface area contributed by atoms with E-state index in [0.717, 1.165) is 12.8 Å². The van der Waals surface area contributed by atoms with Crippen LogP contribution in [0.3, 0.4) is 0 Å². The van der Waals surface area contributed by atoms with Crippen LogP contribution in [0.5, 0.6) is 0 Å². The summed E-state index contributed by atoms with van der Waals surface area (Å²) in [5.41, 5.74) is 5.42. The van der Waals surface area contributed by atoms with Crippen molar-refractivity contribution in [3.8, 4) is 0 Å². The molecule has 1 aliphatic carbocycles. The van der Waals surface area contributed by atoms with Gasteiger partial charge in [0.15, 0.2) is 0 Å². The molecule has 0 aromatic carbocycles. The Labute approximate surface area is 54.1 Å². The van der Waals surface area contributed by atoms with Crippen LogP contribution >= 0.6 is 0 Å². The van der Waals surface area contributed by atoms with Crippen molar-refractivity contribution < 1.29 is 9.47 Å². The zero-order valence-electron chi connectivity index (χ0n) is 5.30. The molecule has 52 valence electrons. The monoisotopic (exact) mass is 129 g/mol. The molecule has 0 aromatic heterocycles. The molecule has 9 heavy (non-hydrogen) atoms. The van der Waals surface area contributed by atoms with E-state index in [9.17, 15) is 0 Å². The molecular formula is C6H11NO2. The maximum absolute atomic E-state index is 5.38. The normalized spacial score (nSPS) is 39.0. The van der Waals surface area contributed by atoms with Gasteiger partial charge in [0.1, 0.15) is 0 Å². The van der Waals surface area contributed by atoms with Gasteiger partial charge in [0.25, 0.3) is 0 Å². The predicted molar refractivity (Wildman–Crippen MR) is 31.6 cm³/mol. The number of nitrogens with two attached hydrogens (primary N) is 1. The minimum Gasteiger partial charge on any atom is -0.337 e. The van der Waals surface area contributed by atoms with Crippen LogP contribution in [0.25, 0.3) is 0 Å². The summed E-state index contributed by atoms with van der Waals surface area (Å²) in [6, 6.07) is 0. The molecule has 1 unspecified atom stereocenters. The van der Waals surface area contributed by atoms with Crippen LogP contribution in [0, 0.1) is 0 Å². The van der Waals surface area contributed by atoms with Gasteiger partial charge in [-0.3, -0.25) is 5.73 Å². The Morgan fingerprint density at radius 1 is 1.44 bits per heavy atom. The average molecular weight is 129 g/mol. The highest BCUT2D eigenvalue weighted by Crippen LogP contribution is 2.39. The molecule has 2 N–H and O–H groups in total. The third-order valence-electron chi connectivity index (χ3n) is 2.14. The van der Waals surface area contributed by atoms with Gasteiger partial charge in [0, 0.05) is 0 Å². The SMILES string of the molecule is NC1OCC2(CCC2)O1. The summed E-state index contributed by atoms with van der Waals surface area (Å²) in [4.78, 5) is 0. The summed E-state index contributed by atoms with van der Waals surface area (Å²) in [5, 5.41) is 0. The summed E-state index contributed by atoms with van der Waals surface area (Å²) in [5.74, 6) is 0. The third kappa shape index (κ3) is 0.764. The van der Waals surface area contributed by atoms with Crippen LogP contribution in [-0.2, 0) is 9.47 Å². The molecule has 1 saturated carbocycles. The quantitative estimate of drug-likeness (QED) is 0.508. The molecule has 1 spiro atoms. The Bertz CT molecular complexity index is 122. The highest BCUT2D eigenvalue weighted by molar-refractivity contribution is 4.92. The van der Waals surface area contributed by atoms with Gasteiger partial charge in [0.05, 0.1) is 12.2 Å². The van der Waals surface area contributed by atoms with Crippen molar-refractivity contribution in [2.45, 2.75) is 31.3 Å². The van der Waals surface area contributed by atoms with Crippen LogP contribution in [0.2, 0.25) is 0 Å². The fraction of sp³-hybridized carbons (Fsp3) is 1.00. The second-order valence-corrected chi connectivity index (χ2v) is 2.83. The topological polar surface area (TPSA) is 44.5 Å². The lowest BCUT2D eigenvalue weighted by Crippen LogP contribution is -2.40. The Morgan fingerprint density at radius 2 is 2.22 bits per heavy atom. The molecule has 2 fully saturated rings. The van der Waals surface area contributed by atoms with Crippen molar-refractivity contribution in [2.24, 2.45) is 5.73 Å². The lowest BCUT2D eigenvalue weighted by Gasteiger charge is -2.35. The number of hydrogen-bond donors (Lipinski definition) is 1. The van der Waals surface area contributed by atoms with Gasteiger partial charge < -0.3 is 9.47 Å². The van der Waals surface area contributed by atoms with E-state index in [1.54, 1.807) is 0 Å². The smallest absolute Gasteiger partial charge is 0.214 e. The molecule has 1 saturated heterocycles. The van der Waals surface area contributed by atoms with Crippen molar-refractivity contribution in [3.05, 3.63) is 0 Å². The van der Waals surface area contributed by atoms with E-state index in [2.05, 4.69) is 0 Å². The molecule has 0 amide bonds. The second kappa shape index (κ2) is 1.68. The minimum atomic E-state index is -0.453. The number of rotatable bonds is 0. The van der Waals surface area contributed by atoms with E-state index < -0.39 is 6.41 Å². The first-order chi connectivity index (χ1) is 4.31. The van der Waals surface area contributed by atoms with E-state index in [1.807, 2.05) is 0 Å². The zero-order valence-corrected chi connectivity index (χ0v) is 5.30. The largest absolute Gasteiger partial charge is 0.337 e. The highest BCUT2D eigenvalue weighted by atomic mass is 16.7. The molecule has 1 heterocycles. The van der Waals surface area contributed by atoms with Crippen molar-refractivity contribution in [1.82, 2.24) is 0 Å². The average Bonchev–Trinajstić information content (AvgIpc) is 2.09. The molecule has 0 aromatic rings. The van der Waals surface area contributed by atoms with Crippen LogP contribution in [0.4, 0.5) is 0 Å². The first-order valence-corrected chi connectivity index (χ1v) is 3.36. The van der Waals surface area contributed by atoms with Crippen molar-refractivity contribution in [3.63, 3.8) is 0 Å². The Kier molecular flexibility index (Phi) is 1.06. The predicted octanol–water partition coefficient (Wildman–Crippen LogP) is 0.198. The van der Waals surface area contributed by atoms with Gasteiger partial charge in [0.2, 0.25) is 6.41 Å².